The largest absolute Gasteiger partial charge is 0.393 e. The average molecular weight is 446 g/mol. The van der Waals surface area contributed by atoms with E-state index in [2.05, 4.69) is 31.3 Å². The molecule has 0 saturated heterocycles. The summed E-state index contributed by atoms with van der Waals surface area (Å²) < 4.78 is 6.31. The van der Waals surface area contributed by atoms with Gasteiger partial charge in [0.25, 0.3) is 0 Å². The lowest BCUT2D eigenvalue weighted by Crippen LogP contribution is -2.57. The second-order valence-electron chi connectivity index (χ2n) is 11.6. The van der Waals surface area contributed by atoms with Crippen molar-refractivity contribution >= 4 is 18.2 Å². The lowest BCUT2D eigenvalue weighted by Gasteiger charge is -2.61. The van der Waals surface area contributed by atoms with Gasteiger partial charge in [-0.25, -0.2) is 0 Å². The zero-order chi connectivity index (χ0) is 22.9. The fourth-order valence-corrected chi connectivity index (χ4v) is 8.50. The number of fused-ring (bicyclic) bond motifs is 5. The molecule has 4 fully saturated rings. The van der Waals surface area contributed by atoms with Crippen LogP contribution in [-0.4, -0.2) is 48.7 Å². The quantitative estimate of drug-likeness (QED) is 0.385. The van der Waals surface area contributed by atoms with Gasteiger partial charge in [-0.05, 0) is 106 Å². The highest BCUT2D eigenvalue weighted by Gasteiger charge is 2.62. The highest BCUT2D eigenvalue weighted by molar-refractivity contribution is 6.14. The minimum atomic E-state index is -0.145. The molecule has 0 aliphatic heterocycles. The number of nitrogens with one attached hydrogen (secondary N) is 2. The number of carbonyl (C=O) groups is 1. The van der Waals surface area contributed by atoms with Crippen molar-refractivity contribution in [3.63, 3.8) is 0 Å². The molecule has 0 aromatic heterocycles. The first kappa shape index (κ1) is 23.9. The fraction of sp³-hybridized carbons (Fsp3) is 0.885. The molecule has 4 aliphatic carbocycles. The Kier molecular flexibility index (Phi) is 7.11. The molecule has 180 valence electrons. The number of aliphatic hydroxyl groups is 1. The first-order chi connectivity index (χ1) is 15.3. The molecule has 0 amide bonds. The van der Waals surface area contributed by atoms with Crippen LogP contribution < -0.4 is 5.43 Å². The van der Waals surface area contributed by atoms with Crippen LogP contribution in [0.3, 0.4) is 0 Å². The number of hydrogen-bond donors (Lipinski definition) is 3. The molecular formula is C26H43N3O3. The maximum atomic E-state index is 13.1. The second-order valence-corrected chi connectivity index (χ2v) is 11.6. The van der Waals surface area contributed by atoms with Gasteiger partial charge in [-0.1, -0.05) is 6.92 Å². The molecule has 3 N–H and O–H groups in total. The first-order valence-corrected chi connectivity index (χ1v) is 12.9. The van der Waals surface area contributed by atoms with Crippen molar-refractivity contribution in [3.8, 4) is 0 Å². The van der Waals surface area contributed by atoms with Gasteiger partial charge in [-0.3, -0.25) is 4.79 Å². The maximum Gasteiger partial charge on any atom is 0.157 e. The third-order valence-corrected chi connectivity index (χ3v) is 9.90. The minimum absolute atomic E-state index is 0.0896. The number of aliphatic hydroxyl groups excluding tert-OH is 1. The number of ketones is 1. The number of hydrogen-bond acceptors (Lipinski definition) is 6. The van der Waals surface area contributed by atoms with E-state index in [-0.39, 0.29) is 41.3 Å². The molecule has 4 saturated carbocycles. The zero-order valence-corrected chi connectivity index (χ0v) is 20.2. The summed E-state index contributed by atoms with van der Waals surface area (Å²) in [6.07, 6.45) is 12.4. The van der Waals surface area contributed by atoms with E-state index in [1.54, 1.807) is 0 Å². The molecule has 0 spiro atoms. The molecular weight excluding hydrogens is 402 g/mol. The molecule has 0 bridgehead atoms. The summed E-state index contributed by atoms with van der Waals surface area (Å²) in [5.41, 5.74) is 3.13. The van der Waals surface area contributed by atoms with Gasteiger partial charge >= 0.3 is 0 Å². The van der Waals surface area contributed by atoms with Crippen molar-refractivity contribution in [2.45, 2.75) is 90.8 Å². The number of Topliss-reactive ketones (excluding diaryl/α,β-unsaturated/α-hetero) is 1. The van der Waals surface area contributed by atoms with E-state index < -0.39 is 0 Å². The van der Waals surface area contributed by atoms with Crippen molar-refractivity contribution in [3.05, 3.63) is 0 Å². The summed E-state index contributed by atoms with van der Waals surface area (Å²) in [6.45, 7) is 7.75. The van der Waals surface area contributed by atoms with Crippen LogP contribution >= 0.6 is 0 Å². The van der Waals surface area contributed by atoms with Gasteiger partial charge in [-0.2, -0.15) is 5.10 Å². The maximum absolute atomic E-state index is 13.1. The van der Waals surface area contributed by atoms with E-state index >= 15 is 0 Å². The van der Waals surface area contributed by atoms with Crippen LogP contribution in [0.2, 0.25) is 0 Å². The molecule has 6 nitrogen and oxygen atoms in total. The predicted molar refractivity (Wildman–Crippen MR) is 127 cm³/mol. The van der Waals surface area contributed by atoms with Crippen LogP contribution in [-0.2, 0) is 9.53 Å². The van der Waals surface area contributed by atoms with Gasteiger partial charge in [0.1, 0.15) is 0 Å². The van der Waals surface area contributed by atoms with E-state index in [0.29, 0.717) is 23.7 Å². The standard InChI is InChI=1S/C26H43N3O3/c1-17(2)32-16-26-11-8-19(30)14-18(26)4-5-20-21-6-7-23(24(31)15-29-28-13-12-27)25(21,3)10-9-22(20)26/h12-13,17-23,27,29-30H,4-11,14-16H2,1-3H3/b27-12?,28-13-/t18-,19-,20+,21+,22+,23-,25+,26-/m1/s1. The van der Waals surface area contributed by atoms with Gasteiger partial charge in [-0.15, -0.1) is 0 Å². The Morgan fingerprint density at radius 1 is 1.19 bits per heavy atom. The Morgan fingerprint density at radius 2 is 2.00 bits per heavy atom. The Hall–Kier alpha value is -1.27. The number of rotatable bonds is 8. The number of ether oxygens (including phenoxy) is 1. The van der Waals surface area contributed by atoms with E-state index in [9.17, 15) is 9.90 Å². The normalized spacial score (nSPS) is 43.5. The van der Waals surface area contributed by atoms with Gasteiger partial charge in [0.15, 0.2) is 5.78 Å². The number of hydrazone groups is 1. The van der Waals surface area contributed by atoms with E-state index in [4.69, 9.17) is 10.1 Å². The molecule has 6 heteroatoms. The molecule has 4 aliphatic rings. The van der Waals surface area contributed by atoms with Crippen LogP contribution in [0, 0.1) is 45.8 Å². The summed E-state index contributed by atoms with van der Waals surface area (Å²) in [6, 6.07) is 0. The molecule has 0 unspecified atom stereocenters. The highest BCUT2D eigenvalue weighted by Crippen LogP contribution is 2.67. The van der Waals surface area contributed by atoms with Crippen LogP contribution in [0.4, 0.5) is 0 Å². The van der Waals surface area contributed by atoms with Gasteiger partial charge in [0, 0.05) is 12.1 Å². The van der Waals surface area contributed by atoms with Crippen LogP contribution in [0.25, 0.3) is 0 Å². The molecule has 0 aromatic carbocycles. The molecule has 0 aromatic rings. The number of nitrogens with zero attached hydrogens (tertiary/aromatic N) is 1. The topological polar surface area (TPSA) is 94.8 Å². The molecule has 0 radical (unpaired) electrons. The monoisotopic (exact) mass is 445 g/mol. The van der Waals surface area contributed by atoms with E-state index in [1.165, 1.54) is 25.5 Å². The van der Waals surface area contributed by atoms with Crippen molar-refractivity contribution < 1.29 is 14.6 Å². The SMILES string of the molecule is CC(C)OC[C@]12CC[C@@H](O)C[C@H]1CC[C@H]1[C@@H]3CC[C@H](C(=O)CN/N=C\C=N)[C@@]3(C)CC[C@@H]12. The molecule has 0 heterocycles. The lowest BCUT2D eigenvalue weighted by molar-refractivity contribution is -0.169. The molecule has 8 atom stereocenters. The van der Waals surface area contributed by atoms with Crippen molar-refractivity contribution in [2.24, 2.45) is 45.5 Å². The predicted octanol–water partition coefficient (Wildman–Crippen LogP) is 4.21. The summed E-state index contributed by atoms with van der Waals surface area (Å²) in [5.74, 6) is 2.93. The summed E-state index contributed by atoms with van der Waals surface area (Å²) in [5, 5.41) is 21.4. The summed E-state index contributed by atoms with van der Waals surface area (Å²) in [4.78, 5) is 13.1. The second kappa shape index (κ2) is 9.54. The van der Waals surface area contributed by atoms with Crippen LogP contribution in [0.15, 0.2) is 5.10 Å². The Balaban J connectivity index is 1.53. The number of carbonyl (C=O) groups excluding carboxylic acids is 1. The van der Waals surface area contributed by atoms with Crippen LogP contribution in [0.5, 0.6) is 0 Å². The van der Waals surface area contributed by atoms with Crippen LogP contribution in [0.1, 0.15) is 78.6 Å². The summed E-state index contributed by atoms with van der Waals surface area (Å²) >= 11 is 0. The lowest BCUT2D eigenvalue weighted by atomic mass is 9.44. The van der Waals surface area contributed by atoms with Crippen molar-refractivity contribution in [1.29, 1.82) is 5.41 Å². The third kappa shape index (κ3) is 4.18. The Bertz CT molecular complexity index is 725. The smallest absolute Gasteiger partial charge is 0.157 e. The first-order valence-electron chi connectivity index (χ1n) is 12.9. The van der Waals surface area contributed by atoms with E-state index in [1.807, 2.05) is 0 Å². The van der Waals surface area contributed by atoms with Crippen molar-refractivity contribution in [1.82, 2.24) is 5.43 Å². The highest BCUT2D eigenvalue weighted by atomic mass is 16.5. The van der Waals surface area contributed by atoms with Gasteiger partial charge < -0.3 is 20.7 Å². The van der Waals surface area contributed by atoms with E-state index in [0.717, 1.165) is 51.3 Å². The zero-order valence-electron chi connectivity index (χ0n) is 20.2. The minimum Gasteiger partial charge on any atom is -0.393 e. The van der Waals surface area contributed by atoms with Gasteiger partial charge in [0.05, 0.1) is 31.6 Å². The third-order valence-electron chi connectivity index (χ3n) is 9.90. The average Bonchev–Trinajstić information content (AvgIpc) is 3.12. The van der Waals surface area contributed by atoms with Crippen molar-refractivity contribution in [2.75, 3.05) is 13.2 Å². The molecule has 4 rings (SSSR count). The fourth-order valence-electron chi connectivity index (χ4n) is 8.50. The molecule has 32 heavy (non-hydrogen) atoms. The summed E-state index contributed by atoms with van der Waals surface area (Å²) in [7, 11) is 0. The Morgan fingerprint density at radius 3 is 2.75 bits per heavy atom. The Labute approximate surface area is 193 Å². The van der Waals surface area contributed by atoms with Gasteiger partial charge in [0.2, 0.25) is 0 Å².